The summed E-state index contributed by atoms with van der Waals surface area (Å²) in [7, 11) is 0. The third-order valence-electron chi connectivity index (χ3n) is 3.84. The van der Waals surface area contributed by atoms with Crippen molar-refractivity contribution < 1.29 is 9.84 Å². The van der Waals surface area contributed by atoms with Crippen LogP contribution in [0.15, 0.2) is 47.3 Å². The average molecular weight is 356 g/mol. The van der Waals surface area contributed by atoms with Crippen LogP contribution in [0.2, 0.25) is 0 Å². The second-order valence-electron chi connectivity index (χ2n) is 5.68. The number of hydrogen-bond donors (Lipinski definition) is 2. The molecule has 130 valence electrons. The fourth-order valence-electron chi connectivity index (χ4n) is 2.50. The summed E-state index contributed by atoms with van der Waals surface area (Å²) in [6, 6.07) is 13.8. The van der Waals surface area contributed by atoms with Gasteiger partial charge in [0.05, 0.1) is 11.5 Å². The average Bonchev–Trinajstić information content (AvgIpc) is 2.94. The molecule has 3 aromatic rings. The summed E-state index contributed by atoms with van der Waals surface area (Å²) >= 11 is 1.03. The quantitative estimate of drug-likeness (QED) is 0.681. The van der Waals surface area contributed by atoms with Gasteiger partial charge >= 0.3 is 4.87 Å². The Kier molecular flexibility index (Phi) is 5.50. The number of aryl methyl sites for hydroxylation is 1. The zero-order chi connectivity index (χ0) is 17.6. The molecule has 0 atom stereocenters. The van der Waals surface area contributed by atoms with E-state index in [0.717, 1.165) is 46.9 Å². The standard InChI is InChI=1S/C19H20N2O3S/c1-2-14-4-3-5-15(20-14)10-11-24-16-8-6-13(7-9-16)12-17-18(22)21-19(23)25-17/h3-9,22H,2,10-12H2,1H3,(H,21,23). The first-order valence-electron chi connectivity index (χ1n) is 8.21. The van der Waals surface area contributed by atoms with Crippen LogP contribution < -0.4 is 9.61 Å². The van der Waals surface area contributed by atoms with Gasteiger partial charge in [0.1, 0.15) is 5.75 Å². The predicted octanol–water partition coefficient (Wildman–Crippen LogP) is 3.31. The predicted molar refractivity (Wildman–Crippen MR) is 98.7 cm³/mol. The Labute approximate surface area is 150 Å². The van der Waals surface area contributed by atoms with E-state index in [-0.39, 0.29) is 10.8 Å². The minimum atomic E-state index is -0.242. The SMILES string of the molecule is CCc1cccc(CCOc2ccc(Cc3sc(=O)[nH]c3O)cc2)n1. The Morgan fingerprint density at radius 2 is 1.92 bits per heavy atom. The molecule has 2 aromatic heterocycles. The van der Waals surface area contributed by atoms with Gasteiger partial charge in [-0.15, -0.1) is 0 Å². The normalized spacial score (nSPS) is 10.8. The molecule has 0 spiro atoms. The molecule has 3 rings (SSSR count). The van der Waals surface area contributed by atoms with Gasteiger partial charge in [-0.25, -0.2) is 0 Å². The van der Waals surface area contributed by atoms with Gasteiger partial charge in [0.15, 0.2) is 0 Å². The number of H-pyrrole nitrogens is 1. The number of aromatic amines is 1. The molecule has 0 amide bonds. The lowest BCUT2D eigenvalue weighted by Gasteiger charge is -2.07. The number of pyridine rings is 1. The lowest BCUT2D eigenvalue weighted by atomic mass is 10.1. The summed E-state index contributed by atoms with van der Waals surface area (Å²) in [6.45, 7) is 2.66. The number of aromatic nitrogens is 2. The molecule has 0 aliphatic heterocycles. The van der Waals surface area contributed by atoms with E-state index in [1.54, 1.807) is 0 Å². The van der Waals surface area contributed by atoms with Crippen molar-refractivity contribution in [1.29, 1.82) is 0 Å². The van der Waals surface area contributed by atoms with Crippen molar-refractivity contribution in [2.45, 2.75) is 26.2 Å². The van der Waals surface area contributed by atoms with Crippen molar-refractivity contribution >= 4 is 11.3 Å². The Bertz CT molecular complexity index is 884. The third-order valence-corrected chi connectivity index (χ3v) is 4.71. The summed E-state index contributed by atoms with van der Waals surface area (Å²) in [5.41, 5.74) is 3.14. The fourth-order valence-corrected chi connectivity index (χ4v) is 3.26. The Balaban J connectivity index is 1.53. The van der Waals surface area contributed by atoms with Gasteiger partial charge in [0, 0.05) is 24.2 Å². The molecule has 1 aromatic carbocycles. The molecular weight excluding hydrogens is 336 g/mol. The molecule has 6 heteroatoms. The summed E-state index contributed by atoms with van der Waals surface area (Å²) in [5.74, 6) is 0.749. The van der Waals surface area contributed by atoms with Crippen LogP contribution in [0.3, 0.4) is 0 Å². The van der Waals surface area contributed by atoms with Gasteiger partial charge in [0.25, 0.3) is 0 Å². The molecule has 2 heterocycles. The summed E-state index contributed by atoms with van der Waals surface area (Å²) in [4.78, 5) is 18.5. The minimum Gasteiger partial charge on any atom is -0.494 e. The highest BCUT2D eigenvalue weighted by Gasteiger charge is 2.07. The molecule has 5 nitrogen and oxygen atoms in total. The van der Waals surface area contributed by atoms with Crippen LogP contribution in [0.5, 0.6) is 11.6 Å². The Hall–Kier alpha value is -2.60. The molecule has 0 radical (unpaired) electrons. The van der Waals surface area contributed by atoms with E-state index in [2.05, 4.69) is 16.9 Å². The van der Waals surface area contributed by atoms with Crippen LogP contribution in [0.25, 0.3) is 0 Å². The number of hydrogen-bond acceptors (Lipinski definition) is 5. The number of nitrogens with zero attached hydrogens (tertiary/aromatic N) is 1. The fraction of sp³-hybridized carbons (Fsp3) is 0.263. The van der Waals surface area contributed by atoms with E-state index in [1.165, 1.54) is 0 Å². The largest absolute Gasteiger partial charge is 0.494 e. The molecule has 0 saturated heterocycles. The second-order valence-corrected chi connectivity index (χ2v) is 6.75. The number of aromatic hydroxyl groups is 1. The van der Waals surface area contributed by atoms with Crippen LogP contribution >= 0.6 is 11.3 Å². The van der Waals surface area contributed by atoms with Gasteiger partial charge in [-0.05, 0) is 36.2 Å². The van der Waals surface area contributed by atoms with Gasteiger partial charge in [-0.2, -0.15) is 0 Å². The van der Waals surface area contributed by atoms with Crippen molar-refractivity contribution in [1.82, 2.24) is 9.97 Å². The first-order chi connectivity index (χ1) is 12.1. The van der Waals surface area contributed by atoms with E-state index in [9.17, 15) is 9.90 Å². The lowest BCUT2D eigenvalue weighted by Crippen LogP contribution is -2.04. The topological polar surface area (TPSA) is 75.2 Å². The van der Waals surface area contributed by atoms with E-state index in [1.807, 2.05) is 42.5 Å². The maximum atomic E-state index is 11.2. The molecule has 2 N–H and O–H groups in total. The summed E-state index contributed by atoms with van der Waals surface area (Å²) in [5, 5.41) is 9.63. The van der Waals surface area contributed by atoms with Crippen LogP contribution in [-0.4, -0.2) is 21.7 Å². The smallest absolute Gasteiger partial charge is 0.307 e. The lowest BCUT2D eigenvalue weighted by molar-refractivity contribution is 0.320. The van der Waals surface area contributed by atoms with Crippen molar-refractivity contribution in [3.8, 4) is 11.6 Å². The highest BCUT2D eigenvalue weighted by molar-refractivity contribution is 7.09. The van der Waals surface area contributed by atoms with E-state index >= 15 is 0 Å². The van der Waals surface area contributed by atoms with Crippen molar-refractivity contribution in [3.05, 3.63) is 74.0 Å². The number of benzene rings is 1. The van der Waals surface area contributed by atoms with Crippen LogP contribution in [0, 0.1) is 0 Å². The highest BCUT2D eigenvalue weighted by Crippen LogP contribution is 2.21. The molecule has 0 aliphatic rings. The van der Waals surface area contributed by atoms with E-state index < -0.39 is 0 Å². The Morgan fingerprint density at radius 1 is 1.16 bits per heavy atom. The summed E-state index contributed by atoms with van der Waals surface area (Å²) < 4.78 is 5.77. The first kappa shape index (κ1) is 17.2. The highest BCUT2D eigenvalue weighted by atomic mass is 32.1. The van der Waals surface area contributed by atoms with Crippen molar-refractivity contribution in [2.75, 3.05) is 6.61 Å². The second kappa shape index (κ2) is 7.98. The summed E-state index contributed by atoms with van der Waals surface area (Å²) in [6.07, 6.45) is 2.21. The molecule has 0 bridgehead atoms. The first-order valence-corrected chi connectivity index (χ1v) is 9.03. The third kappa shape index (κ3) is 4.70. The molecule has 0 fully saturated rings. The van der Waals surface area contributed by atoms with Crippen LogP contribution in [-0.2, 0) is 19.3 Å². The maximum absolute atomic E-state index is 11.2. The van der Waals surface area contributed by atoms with E-state index in [0.29, 0.717) is 17.9 Å². The van der Waals surface area contributed by atoms with Crippen LogP contribution in [0.4, 0.5) is 0 Å². The monoisotopic (exact) mass is 356 g/mol. The Morgan fingerprint density at radius 3 is 2.60 bits per heavy atom. The van der Waals surface area contributed by atoms with Crippen molar-refractivity contribution in [3.63, 3.8) is 0 Å². The zero-order valence-corrected chi connectivity index (χ0v) is 14.8. The molecule has 0 unspecified atom stereocenters. The van der Waals surface area contributed by atoms with E-state index in [4.69, 9.17) is 4.74 Å². The van der Waals surface area contributed by atoms with Gasteiger partial charge in [0.2, 0.25) is 5.88 Å². The molecule has 25 heavy (non-hydrogen) atoms. The number of ether oxygens (including phenoxy) is 1. The number of rotatable bonds is 7. The molecule has 0 saturated carbocycles. The maximum Gasteiger partial charge on any atom is 0.307 e. The van der Waals surface area contributed by atoms with Gasteiger partial charge < -0.3 is 9.84 Å². The molecule has 0 aliphatic carbocycles. The van der Waals surface area contributed by atoms with Crippen LogP contribution in [0.1, 0.15) is 28.8 Å². The number of thiazole rings is 1. The van der Waals surface area contributed by atoms with Gasteiger partial charge in [-0.3, -0.25) is 14.8 Å². The number of nitrogens with one attached hydrogen (secondary N) is 1. The minimum absolute atomic E-state index is 0.0443. The molecular formula is C19H20N2O3S. The van der Waals surface area contributed by atoms with Gasteiger partial charge in [-0.1, -0.05) is 36.5 Å². The zero-order valence-electron chi connectivity index (χ0n) is 14.0. The van der Waals surface area contributed by atoms with Crippen molar-refractivity contribution in [2.24, 2.45) is 0 Å².